The van der Waals surface area contributed by atoms with Crippen molar-refractivity contribution < 1.29 is 20.4 Å². The van der Waals surface area contributed by atoms with E-state index in [0.29, 0.717) is 11.1 Å². The van der Waals surface area contributed by atoms with Gasteiger partial charge < -0.3 is 20.4 Å². The van der Waals surface area contributed by atoms with E-state index < -0.39 is 12.2 Å². The second-order valence-corrected chi connectivity index (χ2v) is 3.32. The van der Waals surface area contributed by atoms with E-state index >= 15 is 0 Å². The Hall–Kier alpha value is -1.20. The summed E-state index contributed by atoms with van der Waals surface area (Å²) in [6.07, 6.45) is -1.40. The highest BCUT2D eigenvalue weighted by atomic mass is 16.3. The second kappa shape index (κ2) is 2.65. The van der Waals surface area contributed by atoms with Crippen LogP contribution >= 0.6 is 0 Å². The maximum Gasteiger partial charge on any atom is 0.194 e. The molecule has 2 rings (SSSR count). The van der Waals surface area contributed by atoms with Gasteiger partial charge in [-0.2, -0.15) is 0 Å². The molecule has 1 aromatic rings. The molecule has 0 fully saturated rings. The molecule has 5 nitrogen and oxygen atoms in total. The molecular weight excluding hydrogens is 174 g/mol. The molecule has 5 heteroatoms. The van der Waals surface area contributed by atoms with E-state index in [4.69, 9.17) is 0 Å². The van der Waals surface area contributed by atoms with Crippen LogP contribution in [-0.2, 0) is 12.8 Å². The quantitative estimate of drug-likeness (QED) is 0.367. The third kappa shape index (κ3) is 1.16. The Kier molecular flexibility index (Phi) is 1.71. The number of aromatic amines is 1. The van der Waals surface area contributed by atoms with Gasteiger partial charge in [0.05, 0.1) is 12.2 Å². The van der Waals surface area contributed by atoms with Gasteiger partial charge in [0.1, 0.15) is 0 Å². The van der Waals surface area contributed by atoms with E-state index in [1.165, 1.54) is 0 Å². The summed E-state index contributed by atoms with van der Waals surface area (Å²) in [6, 6.07) is 0. The Bertz CT molecular complexity index is 303. The number of aliphatic hydroxyl groups is 2. The monoisotopic (exact) mass is 185 g/mol. The summed E-state index contributed by atoms with van der Waals surface area (Å²) in [7, 11) is 0. The number of hydrogen-bond donors (Lipinski definition) is 5. The Morgan fingerprint density at radius 1 is 0.923 bits per heavy atom. The van der Waals surface area contributed by atoms with E-state index in [2.05, 4.69) is 4.98 Å². The van der Waals surface area contributed by atoms with Gasteiger partial charge in [-0.25, -0.2) is 0 Å². The number of aliphatic hydroxyl groups excluding tert-OH is 2. The van der Waals surface area contributed by atoms with Crippen LogP contribution in [0.3, 0.4) is 0 Å². The van der Waals surface area contributed by atoms with Crippen molar-refractivity contribution in [1.82, 2.24) is 4.98 Å². The third-order valence-corrected chi connectivity index (χ3v) is 2.44. The van der Waals surface area contributed by atoms with Crippen LogP contribution in [0.15, 0.2) is 0 Å². The minimum absolute atomic E-state index is 0.126. The molecule has 2 atom stereocenters. The first kappa shape index (κ1) is 8.40. The van der Waals surface area contributed by atoms with Crippen molar-refractivity contribution in [3.63, 3.8) is 0 Å². The largest absolute Gasteiger partial charge is 0.494 e. The topological polar surface area (TPSA) is 96.7 Å². The highest BCUT2D eigenvalue weighted by molar-refractivity contribution is 5.45. The maximum atomic E-state index is 9.30. The molecule has 1 aromatic heterocycles. The van der Waals surface area contributed by atoms with Crippen molar-refractivity contribution in [2.45, 2.75) is 25.0 Å². The zero-order valence-electron chi connectivity index (χ0n) is 6.86. The first-order valence-electron chi connectivity index (χ1n) is 4.07. The summed E-state index contributed by atoms with van der Waals surface area (Å²) >= 11 is 0. The van der Waals surface area contributed by atoms with Crippen LogP contribution in [-0.4, -0.2) is 37.6 Å². The average molecular weight is 185 g/mol. The summed E-state index contributed by atoms with van der Waals surface area (Å²) < 4.78 is 0. The van der Waals surface area contributed by atoms with Crippen molar-refractivity contribution in [2.24, 2.45) is 0 Å². The second-order valence-electron chi connectivity index (χ2n) is 3.32. The number of fused-ring (bicyclic) bond motifs is 1. The average Bonchev–Trinajstić information content (AvgIpc) is 2.31. The Labute approximate surface area is 74.3 Å². The van der Waals surface area contributed by atoms with E-state index in [1.807, 2.05) is 0 Å². The number of hydrogen-bond acceptors (Lipinski definition) is 4. The lowest BCUT2D eigenvalue weighted by molar-refractivity contribution is 0.0136. The molecule has 0 saturated heterocycles. The van der Waals surface area contributed by atoms with Gasteiger partial charge in [0.2, 0.25) is 0 Å². The van der Waals surface area contributed by atoms with Gasteiger partial charge in [-0.3, -0.25) is 4.98 Å². The van der Waals surface area contributed by atoms with Gasteiger partial charge in [-0.15, -0.1) is 0 Å². The van der Waals surface area contributed by atoms with E-state index in [9.17, 15) is 20.4 Å². The fourth-order valence-corrected chi connectivity index (χ4v) is 1.68. The lowest BCUT2D eigenvalue weighted by Crippen LogP contribution is -2.33. The fraction of sp³-hybridized carbons (Fsp3) is 0.500. The summed E-state index contributed by atoms with van der Waals surface area (Å²) in [5.41, 5.74) is 0.991. The van der Waals surface area contributed by atoms with Crippen LogP contribution in [0, 0.1) is 0 Å². The number of aromatic nitrogens is 1. The van der Waals surface area contributed by atoms with E-state index in [1.54, 1.807) is 0 Å². The number of aromatic hydroxyl groups is 2. The molecule has 0 spiro atoms. The lowest BCUT2D eigenvalue weighted by atomic mass is 9.90. The summed E-state index contributed by atoms with van der Waals surface area (Å²) in [4.78, 5) is 2.35. The summed E-state index contributed by atoms with van der Waals surface area (Å²) in [6.45, 7) is 0. The zero-order chi connectivity index (χ0) is 9.59. The summed E-state index contributed by atoms with van der Waals surface area (Å²) in [5.74, 6) is -0.253. The molecule has 0 saturated carbocycles. The Balaban J connectivity index is 2.44. The highest BCUT2D eigenvalue weighted by Gasteiger charge is 2.30. The van der Waals surface area contributed by atoms with Crippen LogP contribution in [0.5, 0.6) is 11.8 Å². The van der Waals surface area contributed by atoms with Gasteiger partial charge in [0.25, 0.3) is 0 Å². The molecule has 72 valence electrons. The molecule has 0 aromatic carbocycles. The fourth-order valence-electron chi connectivity index (χ4n) is 1.68. The molecule has 1 heterocycles. The molecule has 0 bridgehead atoms. The van der Waals surface area contributed by atoms with Crippen molar-refractivity contribution in [1.29, 1.82) is 0 Å². The van der Waals surface area contributed by atoms with Crippen molar-refractivity contribution in [2.75, 3.05) is 0 Å². The Morgan fingerprint density at radius 2 is 1.31 bits per heavy atom. The zero-order valence-corrected chi connectivity index (χ0v) is 6.86. The van der Waals surface area contributed by atoms with Gasteiger partial charge >= 0.3 is 0 Å². The third-order valence-electron chi connectivity index (χ3n) is 2.44. The first-order chi connectivity index (χ1) is 6.09. The Morgan fingerprint density at radius 3 is 1.69 bits per heavy atom. The maximum absolute atomic E-state index is 9.30. The van der Waals surface area contributed by atoms with Gasteiger partial charge in [0, 0.05) is 24.0 Å². The SMILES string of the molecule is Oc1[nH]c(O)c2c1CC(O)C(O)C2. The number of nitrogens with one attached hydrogen (secondary N) is 1. The van der Waals surface area contributed by atoms with E-state index in [0.717, 1.165) is 0 Å². The molecule has 0 radical (unpaired) electrons. The summed E-state index contributed by atoms with van der Waals surface area (Å²) in [5, 5.41) is 37.1. The molecule has 2 unspecified atom stereocenters. The lowest BCUT2D eigenvalue weighted by Gasteiger charge is -2.23. The predicted octanol–water partition coefficient (Wildman–Crippen LogP) is -0.754. The molecule has 0 amide bonds. The van der Waals surface area contributed by atoms with Crippen LogP contribution in [0.1, 0.15) is 11.1 Å². The van der Waals surface area contributed by atoms with Crippen LogP contribution < -0.4 is 0 Å². The van der Waals surface area contributed by atoms with E-state index in [-0.39, 0.29) is 24.6 Å². The number of H-pyrrole nitrogens is 1. The van der Waals surface area contributed by atoms with Crippen molar-refractivity contribution >= 4 is 0 Å². The van der Waals surface area contributed by atoms with Crippen molar-refractivity contribution in [3.8, 4) is 11.8 Å². The van der Waals surface area contributed by atoms with Crippen LogP contribution in [0.2, 0.25) is 0 Å². The number of rotatable bonds is 0. The molecule has 1 aliphatic rings. The molecule has 13 heavy (non-hydrogen) atoms. The molecule has 5 N–H and O–H groups in total. The first-order valence-corrected chi connectivity index (χ1v) is 4.07. The highest BCUT2D eigenvalue weighted by Crippen LogP contribution is 2.34. The predicted molar refractivity (Wildman–Crippen MR) is 43.5 cm³/mol. The minimum Gasteiger partial charge on any atom is -0.494 e. The molecule has 1 aliphatic carbocycles. The van der Waals surface area contributed by atoms with Crippen LogP contribution in [0.4, 0.5) is 0 Å². The molecule has 0 aliphatic heterocycles. The van der Waals surface area contributed by atoms with Gasteiger partial charge in [-0.1, -0.05) is 0 Å². The minimum atomic E-state index is -0.867. The van der Waals surface area contributed by atoms with Gasteiger partial charge in [-0.05, 0) is 0 Å². The van der Waals surface area contributed by atoms with Crippen molar-refractivity contribution in [3.05, 3.63) is 11.1 Å². The van der Waals surface area contributed by atoms with Crippen LogP contribution in [0.25, 0.3) is 0 Å². The normalized spacial score (nSPS) is 27.2. The van der Waals surface area contributed by atoms with Gasteiger partial charge in [0.15, 0.2) is 11.8 Å². The molecular formula is C8H11NO4. The standard InChI is InChI=1S/C8H11NO4/c10-5-1-3-4(2-6(5)11)8(13)9-7(3)12/h5-6,9-13H,1-2H2. The smallest absolute Gasteiger partial charge is 0.194 e.